The van der Waals surface area contributed by atoms with Gasteiger partial charge in [-0.15, -0.1) is 0 Å². The standard InChI is InChI=1S/C18H21FN2S/c1-4-13-7-6-8-14(5-2)17(13)21-18(22)20-16-10-9-12(3)11-15(16)19/h6-11H,4-5H2,1-3H3,(H2,20,21,22). The Morgan fingerprint density at radius 3 is 2.23 bits per heavy atom. The molecule has 0 saturated carbocycles. The van der Waals surface area contributed by atoms with Crippen molar-refractivity contribution in [2.45, 2.75) is 33.6 Å². The number of nitrogens with one attached hydrogen (secondary N) is 2. The lowest BCUT2D eigenvalue weighted by atomic mass is 10.0. The number of halogens is 1. The van der Waals surface area contributed by atoms with Crippen LogP contribution < -0.4 is 10.6 Å². The molecule has 2 N–H and O–H groups in total. The first-order valence-electron chi connectivity index (χ1n) is 7.50. The Bertz CT molecular complexity index is 661. The third-order valence-corrected chi connectivity index (χ3v) is 3.81. The fraction of sp³-hybridized carbons (Fsp3) is 0.278. The van der Waals surface area contributed by atoms with Crippen molar-refractivity contribution in [2.24, 2.45) is 0 Å². The van der Waals surface area contributed by atoms with Gasteiger partial charge in [0.25, 0.3) is 0 Å². The van der Waals surface area contributed by atoms with E-state index in [0.717, 1.165) is 24.1 Å². The molecule has 0 aliphatic heterocycles. The van der Waals surface area contributed by atoms with Gasteiger partial charge in [0.2, 0.25) is 0 Å². The van der Waals surface area contributed by atoms with Crippen LogP contribution >= 0.6 is 12.2 Å². The molecule has 4 heteroatoms. The zero-order valence-electron chi connectivity index (χ0n) is 13.2. The Morgan fingerprint density at radius 2 is 1.68 bits per heavy atom. The summed E-state index contributed by atoms with van der Waals surface area (Å²) in [5.41, 5.74) is 4.69. The Kier molecular flexibility index (Phi) is 5.50. The molecule has 0 radical (unpaired) electrons. The van der Waals surface area contributed by atoms with Gasteiger partial charge in [0.15, 0.2) is 5.11 Å². The minimum atomic E-state index is -0.302. The molecule has 0 aromatic heterocycles. The summed E-state index contributed by atoms with van der Waals surface area (Å²) in [6, 6.07) is 11.3. The molecule has 0 heterocycles. The van der Waals surface area contributed by atoms with Gasteiger partial charge in [-0.1, -0.05) is 38.1 Å². The molecule has 2 aromatic rings. The van der Waals surface area contributed by atoms with E-state index in [9.17, 15) is 4.39 Å². The largest absolute Gasteiger partial charge is 0.332 e. The van der Waals surface area contributed by atoms with E-state index < -0.39 is 0 Å². The molecule has 0 amide bonds. The van der Waals surface area contributed by atoms with Crippen molar-refractivity contribution >= 4 is 28.7 Å². The average molecular weight is 316 g/mol. The van der Waals surface area contributed by atoms with Gasteiger partial charge in [0.1, 0.15) is 5.82 Å². The lowest BCUT2D eigenvalue weighted by molar-refractivity contribution is 0.631. The molecule has 0 spiro atoms. The first kappa shape index (κ1) is 16.4. The molecule has 2 rings (SSSR count). The molecule has 0 aliphatic rings. The third-order valence-electron chi connectivity index (χ3n) is 3.61. The van der Waals surface area contributed by atoms with Gasteiger partial charge in [-0.25, -0.2) is 4.39 Å². The molecule has 116 valence electrons. The van der Waals surface area contributed by atoms with Crippen molar-refractivity contribution in [3.05, 3.63) is 58.9 Å². The van der Waals surface area contributed by atoms with Crippen LogP contribution in [-0.2, 0) is 12.8 Å². The Balaban J connectivity index is 2.19. The maximum atomic E-state index is 13.9. The van der Waals surface area contributed by atoms with E-state index in [0.29, 0.717) is 10.8 Å². The molecule has 22 heavy (non-hydrogen) atoms. The summed E-state index contributed by atoms with van der Waals surface area (Å²) >= 11 is 5.34. The Hall–Kier alpha value is -1.94. The summed E-state index contributed by atoms with van der Waals surface area (Å²) < 4.78 is 13.9. The molecule has 0 aliphatic carbocycles. The van der Waals surface area contributed by atoms with E-state index in [-0.39, 0.29) is 5.82 Å². The van der Waals surface area contributed by atoms with Crippen LogP contribution in [0.4, 0.5) is 15.8 Å². The number of rotatable bonds is 4. The molecule has 0 saturated heterocycles. The number of thiocarbonyl (C=S) groups is 1. The first-order chi connectivity index (χ1) is 10.5. The summed E-state index contributed by atoms with van der Waals surface area (Å²) in [5, 5.41) is 6.56. The second-order valence-corrected chi connectivity index (χ2v) is 5.63. The highest BCUT2D eigenvalue weighted by Gasteiger charge is 2.09. The zero-order valence-corrected chi connectivity index (χ0v) is 14.0. The smallest absolute Gasteiger partial charge is 0.175 e. The second-order valence-electron chi connectivity index (χ2n) is 5.22. The van der Waals surface area contributed by atoms with Crippen molar-refractivity contribution in [3.63, 3.8) is 0 Å². The number of anilines is 2. The predicted molar refractivity (Wildman–Crippen MR) is 96.2 cm³/mol. The quantitative estimate of drug-likeness (QED) is 0.770. The van der Waals surface area contributed by atoms with Crippen LogP contribution in [0.2, 0.25) is 0 Å². The van der Waals surface area contributed by atoms with E-state index in [1.54, 1.807) is 6.07 Å². The van der Waals surface area contributed by atoms with Gasteiger partial charge < -0.3 is 10.6 Å². The normalized spacial score (nSPS) is 10.4. The van der Waals surface area contributed by atoms with E-state index in [4.69, 9.17) is 12.2 Å². The van der Waals surface area contributed by atoms with Gasteiger partial charge in [0, 0.05) is 5.69 Å². The van der Waals surface area contributed by atoms with E-state index in [1.165, 1.54) is 17.2 Å². The van der Waals surface area contributed by atoms with Crippen LogP contribution in [0.25, 0.3) is 0 Å². The van der Waals surface area contributed by atoms with Crippen LogP contribution in [0.3, 0.4) is 0 Å². The minimum absolute atomic E-state index is 0.302. The van der Waals surface area contributed by atoms with Crippen molar-refractivity contribution in [1.82, 2.24) is 0 Å². The fourth-order valence-electron chi connectivity index (χ4n) is 2.39. The van der Waals surface area contributed by atoms with Crippen LogP contribution in [0.15, 0.2) is 36.4 Å². The van der Waals surface area contributed by atoms with Crippen molar-refractivity contribution in [1.29, 1.82) is 0 Å². The minimum Gasteiger partial charge on any atom is -0.332 e. The van der Waals surface area contributed by atoms with Crippen LogP contribution in [0.1, 0.15) is 30.5 Å². The summed E-state index contributed by atoms with van der Waals surface area (Å²) in [6.07, 6.45) is 1.83. The molecule has 2 aromatic carbocycles. The molecule has 0 unspecified atom stereocenters. The predicted octanol–water partition coefficient (Wildman–Crippen LogP) is 5.07. The summed E-state index contributed by atoms with van der Waals surface area (Å²) in [5.74, 6) is -0.302. The van der Waals surface area contributed by atoms with Gasteiger partial charge in [-0.2, -0.15) is 0 Å². The summed E-state index contributed by atoms with van der Waals surface area (Å²) in [7, 11) is 0. The molecular weight excluding hydrogens is 295 g/mol. The van der Waals surface area contributed by atoms with E-state index >= 15 is 0 Å². The van der Waals surface area contributed by atoms with Gasteiger partial charge in [0.05, 0.1) is 5.69 Å². The highest BCUT2D eigenvalue weighted by Crippen LogP contribution is 2.23. The van der Waals surface area contributed by atoms with Crippen LogP contribution in [-0.4, -0.2) is 5.11 Å². The Labute approximate surface area is 136 Å². The SMILES string of the molecule is CCc1cccc(CC)c1NC(=S)Nc1ccc(C)cc1F. The van der Waals surface area contributed by atoms with E-state index in [2.05, 4.69) is 42.7 Å². The average Bonchev–Trinajstić information content (AvgIpc) is 2.50. The second kappa shape index (κ2) is 7.36. The molecule has 2 nitrogen and oxygen atoms in total. The summed E-state index contributed by atoms with van der Waals surface area (Å²) in [4.78, 5) is 0. The number of aryl methyl sites for hydroxylation is 3. The van der Waals surface area contributed by atoms with Gasteiger partial charge in [-0.05, 0) is 60.8 Å². The lowest BCUT2D eigenvalue weighted by Gasteiger charge is -2.17. The maximum Gasteiger partial charge on any atom is 0.175 e. The van der Waals surface area contributed by atoms with Crippen molar-refractivity contribution in [3.8, 4) is 0 Å². The van der Waals surface area contributed by atoms with Gasteiger partial charge in [-0.3, -0.25) is 0 Å². The first-order valence-corrected chi connectivity index (χ1v) is 7.90. The highest BCUT2D eigenvalue weighted by molar-refractivity contribution is 7.80. The van der Waals surface area contributed by atoms with Crippen LogP contribution in [0.5, 0.6) is 0 Å². The van der Waals surface area contributed by atoms with Crippen LogP contribution in [0, 0.1) is 12.7 Å². The monoisotopic (exact) mass is 316 g/mol. The van der Waals surface area contributed by atoms with Gasteiger partial charge >= 0.3 is 0 Å². The number of hydrogen-bond acceptors (Lipinski definition) is 1. The third kappa shape index (κ3) is 3.83. The number of para-hydroxylation sites is 1. The summed E-state index contributed by atoms with van der Waals surface area (Å²) in [6.45, 7) is 6.07. The Morgan fingerprint density at radius 1 is 1.05 bits per heavy atom. The zero-order chi connectivity index (χ0) is 16.1. The number of hydrogen-bond donors (Lipinski definition) is 2. The number of benzene rings is 2. The highest BCUT2D eigenvalue weighted by atomic mass is 32.1. The molecule has 0 bridgehead atoms. The van der Waals surface area contributed by atoms with Crippen molar-refractivity contribution in [2.75, 3.05) is 10.6 Å². The molecule has 0 fully saturated rings. The topological polar surface area (TPSA) is 24.1 Å². The molecular formula is C18H21FN2S. The van der Waals surface area contributed by atoms with Crippen molar-refractivity contribution < 1.29 is 4.39 Å². The lowest BCUT2D eigenvalue weighted by Crippen LogP contribution is -2.21. The maximum absolute atomic E-state index is 13.9. The van der Waals surface area contributed by atoms with E-state index in [1.807, 2.05) is 13.0 Å². The fourth-order valence-corrected chi connectivity index (χ4v) is 2.60. The molecule has 0 atom stereocenters.